The molecule has 0 aliphatic carbocycles. The predicted molar refractivity (Wildman–Crippen MR) is 53.5 cm³/mol. The van der Waals surface area contributed by atoms with Gasteiger partial charge in [0.25, 0.3) is 0 Å². The highest BCUT2D eigenvalue weighted by Gasteiger charge is 2.23. The molecule has 0 radical (unpaired) electrons. The van der Waals surface area contributed by atoms with Crippen LogP contribution in [0.1, 0.15) is 18.2 Å². The molecular weight excluding hydrogens is 199 g/mol. The van der Waals surface area contributed by atoms with Gasteiger partial charge in [-0.2, -0.15) is 0 Å². The van der Waals surface area contributed by atoms with Gasteiger partial charge in [0.1, 0.15) is 11.9 Å². The maximum Gasteiger partial charge on any atom is 0.154 e. The number of nitrogens with zero attached hydrogens (tertiary/aromatic N) is 1. The van der Waals surface area contributed by atoms with Crippen molar-refractivity contribution in [2.75, 3.05) is 5.32 Å². The molecule has 1 aromatic rings. The van der Waals surface area contributed by atoms with Gasteiger partial charge in [0.05, 0.1) is 12.3 Å². The van der Waals surface area contributed by atoms with Gasteiger partial charge < -0.3 is 15.5 Å². The molecule has 0 bridgehead atoms. The molecular formula is C10H11FN2O2. The molecule has 0 aromatic carbocycles. The van der Waals surface area contributed by atoms with Gasteiger partial charge in [0.2, 0.25) is 0 Å². The number of aliphatic hydroxyl groups is 2. The van der Waals surface area contributed by atoms with Crippen molar-refractivity contribution in [3.05, 3.63) is 29.1 Å². The second-order valence-electron chi connectivity index (χ2n) is 3.44. The molecule has 4 nitrogen and oxygen atoms in total. The molecule has 1 unspecified atom stereocenters. The van der Waals surface area contributed by atoms with Crippen molar-refractivity contribution in [1.82, 2.24) is 4.98 Å². The number of nitrogens with one attached hydrogen (secondary N) is 1. The molecule has 1 atom stereocenters. The highest BCUT2D eigenvalue weighted by Crippen LogP contribution is 2.32. The van der Waals surface area contributed by atoms with E-state index >= 15 is 0 Å². The van der Waals surface area contributed by atoms with Crippen LogP contribution in [0.15, 0.2) is 17.8 Å². The van der Waals surface area contributed by atoms with Gasteiger partial charge in [-0.1, -0.05) is 0 Å². The summed E-state index contributed by atoms with van der Waals surface area (Å²) in [5.74, 6) is -0.513. The smallest absolute Gasteiger partial charge is 0.154 e. The minimum atomic E-state index is -1.03. The summed E-state index contributed by atoms with van der Waals surface area (Å²) < 4.78 is 13.6. The molecule has 0 amide bonds. The van der Waals surface area contributed by atoms with E-state index in [1.54, 1.807) is 6.07 Å². The van der Waals surface area contributed by atoms with Crippen molar-refractivity contribution < 1.29 is 14.6 Å². The van der Waals surface area contributed by atoms with E-state index in [1.807, 2.05) is 0 Å². The number of fused-ring (bicyclic) bond motifs is 1. The maximum absolute atomic E-state index is 13.6. The lowest BCUT2D eigenvalue weighted by molar-refractivity contribution is 0.237. The zero-order chi connectivity index (χ0) is 11.0. The number of rotatable bonds is 1. The Hall–Kier alpha value is -1.46. The summed E-state index contributed by atoms with van der Waals surface area (Å²) in [7, 11) is 0. The van der Waals surface area contributed by atoms with Gasteiger partial charge in [-0.05, 0) is 18.6 Å². The fraction of sp³-hybridized carbons (Fsp3) is 0.300. The van der Waals surface area contributed by atoms with Crippen LogP contribution in [-0.4, -0.2) is 21.4 Å². The molecule has 0 saturated carbocycles. The van der Waals surface area contributed by atoms with Gasteiger partial charge >= 0.3 is 0 Å². The first-order valence-corrected chi connectivity index (χ1v) is 4.54. The van der Waals surface area contributed by atoms with Crippen molar-refractivity contribution in [3.8, 4) is 0 Å². The van der Waals surface area contributed by atoms with Crippen LogP contribution in [-0.2, 0) is 6.61 Å². The van der Waals surface area contributed by atoms with E-state index in [-0.39, 0.29) is 17.9 Å². The average molecular weight is 210 g/mol. The molecule has 3 N–H and O–H groups in total. The lowest BCUT2D eigenvalue weighted by Crippen LogP contribution is -2.25. The first-order valence-electron chi connectivity index (χ1n) is 4.54. The maximum atomic E-state index is 13.6. The third-order valence-corrected chi connectivity index (χ3v) is 2.38. The zero-order valence-electron chi connectivity index (χ0n) is 8.16. The predicted octanol–water partition coefficient (Wildman–Crippen LogP) is 1.02. The number of aromatic nitrogens is 1. The summed E-state index contributed by atoms with van der Waals surface area (Å²) in [6.45, 7) is 1.33. The molecule has 0 spiro atoms. The highest BCUT2D eigenvalue weighted by atomic mass is 19.1. The van der Waals surface area contributed by atoms with Crippen molar-refractivity contribution in [1.29, 1.82) is 0 Å². The number of halogens is 1. The Kier molecular flexibility index (Phi) is 2.42. The second kappa shape index (κ2) is 3.60. The number of hydrogen-bond donors (Lipinski definition) is 3. The Morgan fingerprint density at radius 3 is 3.00 bits per heavy atom. The van der Waals surface area contributed by atoms with Gasteiger partial charge in [0.15, 0.2) is 5.83 Å². The zero-order valence-corrected chi connectivity index (χ0v) is 8.16. The van der Waals surface area contributed by atoms with Crippen molar-refractivity contribution in [2.24, 2.45) is 0 Å². The lowest BCUT2D eigenvalue weighted by atomic mass is 10.1. The third-order valence-electron chi connectivity index (χ3n) is 2.38. The van der Waals surface area contributed by atoms with E-state index in [2.05, 4.69) is 10.3 Å². The molecule has 15 heavy (non-hydrogen) atoms. The van der Waals surface area contributed by atoms with Crippen LogP contribution in [0, 0.1) is 0 Å². The lowest BCUT2D eigenvalue weighted by Gasteiger charge is -2.23. The molecule has 1 aliphatic heterocycles. The minimum Gasteiger partial charge on any atom is -0.392 e. The standard InChI is InChI=1S/C10H11FN2O2/c1-5-8(11)9-7(13-10(5)15)2-6(4-14)3-12-9/h2-3,10,13-15H,4H2,1H3. The summed E-state index contributed by atoms with van der Waals surface area (Å²) in [6, 6.07) is 1.57. The molecule has 2 rings (SSSR count). The molecule has 0 fully saturated rings. The summed E-state index contributed by atoms with van der Waals surface area (Å²) in [6.07, 6.45) is 0.374. The van der Waals surface area contributed by atoms with E-state index in [1.165, 1.54) is 13.1 Å². The van der Waals surface area contributed by atoms with E-state index in [0.717, 1.165) is 0 Å². The highest BCUT2D eigenvalue weighted by molar-refractivity contribution is 5.75. The Bertz CT molecular complexity index is 431. The van der Waals surface area contributed by atoms with Crippen LogP contribution in [0.2, 0.25) is 0 Å². The van der Waals surface area contributed by atoms with Crippen LogP contribution in [0.25, 0.3) is 5.83 Å². The van der Waals surface area contributed by atoms with Gasteiger partial charge in [0, 0.05) is 11.8 Å². The van der Waals surface area contributed by atoms with Crippen LogP contribution in [0.3, 0.4) is 0 Å². The van der Waals surface area contributed by atoms with Gasteiger partial charge in [-0.3, -0.25) is 4.98 Å². The Balaban J connectivity index is 2.53. The largest absolute Gasteiger partial charge is 0.392 e. The second-order valence-corrected chi connectivity index (χ2v) is 3.44. The summed E-state index contributed by atoms with van der Waals surface area (Å²) >= 11 is 0. The van der Waals surface area contributed by atoms with E-state index < -0.39 is 12.1 Å². The summed E-state index contributed by atoms with van der Waals surface area (Å²) in [5, 5.41) is 21.0. The van der Waals surface area contributed by atoms with Crippen LogP contribution in [0.4, 0.5) is 10.1 Å². The molecule has 2 heterocycles. The normalized spacial score (nSPS) is 19.9. The molecule has 80 valence electrons. The molecule has 5 heteroatoms. The monoisotopic (exact) mass is 210 g/mol. The first kappa shape index (κ1) is 10.1. The Morgan fingerprint density at radius 1 is 1.60 bits per heavy atom. The van der Waals surface area contributed by atoms with Crippen molar-refractivity contribution >= 4 is 11.5 Å². The molecule has 0 saturated heterocycles. The Labute approximate surface area is 86.1 Å². The number of pyridine rings is 1. The van der Waals surface area contributed by atoms with Gasteiger partial charge in [-0.15, -0.1) is 0 Å². The first-order chi connectivity index (χ1) is 7.13. The van der Waals surface area contributed by atoms with Crippen molar-refractivity contribution in [2.45, 2.75) is 19.8 Å². The Morgan fingerprint density at radius 2 is 2.33 bits per heavy atom. The van der Waals surface area contributed by atoms with Crippen LogP contribution >= 0.6 is 0 Å². The SMILES string of the molecule is CC1=C(F)c2ncc(CO)cc2NC1O. The van der Waals surface area contributed by atoms with Crippen LogP contribution < -0.4 is 5.32 Å². The summed E-state index contributed by atoms with van der Waals surface area (Å²) in [4.78, 5) is 3.89. The summed E-state index contributed by atoms with van der Waals surface area (Å²) in [5.41, 5.74) is 1.36. The molecule has 1 aromatic heterocycles. The number of aliphatic hydroxyl groups excluding tert-OH is 2. The average Bonchev–Trinajstić information content (AvgIpc) is 2.25. The van der Waals surface area contributed by atoms with Crippen LogP contribution in [0.5, 0.6) is 0 Å². The fourth-order valence-corrected chi connectivity index (χ4v) is 1.44. The fourth-order valence-electron chi connectivity index (χ4n) is 1.44. The van der Waals surface area contributed by atoms with E-state index in [9.17, 15) is 9.50 Å². The van der Waals surface area contributed by atoms with E-state index in [4.69, 9.17) is 5.11 Å². The topological polar surface area (TPSA) is 65.4 Å². The van der Waals surface area contributed by atoms with E-state index in [0.29, 0.717) is 11.3 Å². The van der Waals surface area contributed by atoms with Crippen molar-refractivity contribution in [3.63, 3.8) is 0 Å². The quantitative estimate of drug-likeness (QED) is 0.647. The number of anilines is 1. The number of hydrogen-bond acceptors (Lipinski definition) is 4. The third kappa shape index (κ3) is 1.60. The molecule has 1 aliphatic rings. The van der Waals surface area contributed by atoms with Gasteiger partial charge in [-0.25, -0.2) is 4.39 Å². The minimum absolute atomic E-state index is 0.164.